The van der Waals surface area contributed by atoms with Crippen LogP contribution < -0.4 is 0 Å². The molecule has 0 fully saturated rings. The van der Waals surface area contributed by atoms with Gasteiger partial charge in [0.25, 0.3) is 0 Å². The molecule has 0 saturated carbocycles. The van der Waals surface area contributed by atoms with Crippen molar-refractivity contribution >= 4 is 17.5 Å². The van der Waals surface area contributed by atoms with Gasteiger partial charge in [0.05, 0.1) is 11.5 Å². The lowest BCUT2D eigenvalue weighted by atomic mass is 10.0. The Bertz CT molecular complexity index is 915. The maximum absolute atomic E-state index is 12.8. The number of fused-ring (bicyclic) bond motifs is 1. The van der Waals surface area contributed by atoms with Crippen molar-refractivity contribution in [2.75, 3.05) is 0 Å². The molecular weight excluding hydrogens is 334 g/mol. The van der Waals surface area contributed by atoms with Crippen LogP contribution in [0.2, 0.25) is 0 Å². The minimum atomic E-state index is -0.230. The monoisotopic (exact) mass is 353 g/mol. The van der Waals surface area contributed by atoms with Gasteiger partial charge in [0.1, 0.15) is 0 Å². The molecule has 3 aromatic rings. The van der Waals surface area contributed by atoms with Crippen molar-refractivity contribution in [3.8, 4) is 11.6 Å². The Balaban J connectivity index is 1.52. The standard InChI is InChI=1S/C19H19N3O2S/c1-12(17(23)15-9-8-13-5-3-6-14(13)11-15)25-19-21-20-18(22(19)2)16-7-4-10-24-16/h4,7-12H,3,5-6H2,1-2H3/t12-/m1/s1. The van der Waals surface area contributed by atoms with Crippen LogP contribution in [0.5, 0.6) is 0 Å². The number of nitrogens with zero attached hydrogens (tertiary/aromatic N) is 3. The zero-order valence-electron chi connectivity index (χ0n) is 14.2. The number of aryl methyl sites for hydroxylation is 2. The molecule has 2 aromatic heterocycles. The first-order valence-electron chi connectivity index (χ1n) is 8.39. The van der Waals surface area contributed by atoms with E-state index in [9.17, 15) is 4.79 Å². The van der Waals surface area contributed by atoms with Crippen molar-refractivity contribution in [3.05, 3.63) is 53.3 Å². The summed E-state index contributed by atoms with van der Waals surface area (Å²) in [5.41, 5.74) is 3.49. The van der Waals surface area contributed by atoms with Crippen LogP contribution in [0.25, 0.3) is 11.6 Å². The summed E-state index contributed by atoms with van der Waals surface area (Å²) in [6.07, 6.45) is 5.00. The Morgan fingerprint density at radius 2 is 2.08 bits per heavy atom. The van der Waals surface area contributed by atoms with Crippen LogP contribution >= 0.6 is 11.8 Å². The third-order valence-corrected chi connectivity index (χ3v) is 5.74. The number of aromatic nitrogens is 3. The van der Waals surface area contributed by atoms with E-state index in [0.717, 1.165) is 18.4 Å². The second-order valence-electron chi connectivity index (χ2n) is 6.30. The van der Waals surface area contributed by atoms with Crippen LogP contribution in [0.4, 0.5) is 0 Å². The van der Waals surface area contributed by atoms with Gasteiger partial charge in [-0.2, -0.15) is 0 Å². The highest BCUT2D eigenvalue weighted by Gasteiger charge is 2.22. The van der Waals surface area contributed by atoms with Gasteiger partial charge in [0, 0.05) is 12.6 Å². The highest BCUT2D eigenvalue weighted by Crippen LogP contribution is 2.29. The predicted octanol–water partition coefficient (Wildman–Crippen LogP) is 3.93. The molecule has 0 spiro atoms. The molecule has 1 aromatic carbocycles. The number of Topliss-reactive ketones (excluding diaryl/α,β-unsaturated/α-hetero) is 1. The van der Waals surface area contributed by atoms with E-state index in [-0.39, 0.29) is 11.0 Å². The maximum Gasteiger partial charge on any atom is 0.200 e. The smallest absolute Gasteiger partial charge is 0.200 e. The lowest BCUT2D eigenvalue weighted by Gasteiger charge is -2.11. The molecule has 128 valence electrons. The molecule has 0 unspecified atom stereocenters. The molecule has 0 saturated heterocycles. The Morgan fingerprint density at radius 1 is 1.24 bits per heavy atom. The Hall–Kier alpha value is -2.34. The zero-order valence-corrected chi connectivity index (χ0v) is 15.0. The van der Waals surface area contributed by atoms with Crippen molar-refractivity contribution in [3.63, 3.8) is 0 Å². The van der Waals surface area contributed by atoms with Gasteiger partial charge in [-0.3, -0.25) is 4.79 Å². The summed E-state index contributed by atoms with van der Waals surface area (Å²) in [5, 5.41) is 8.86. The number of thioether (sulfide) groups is 1. The minimum Gasteiger partial charge on any atom is -0.461 e. The highest BCUT2D eigenvalue weighted by molar-refractivity contribution is 8.00. The third-order valence-electron chi connectivity index (χ3n) is 4.61. The summed E-state index contributed by atoms with van der Waals surface area (Å²) in [6, 6.07) is 9.78. The first-order chi connectivity index (χ1) is 12.1. The molecule has 0 N–H and O–H groups in total. The average molecular weight is 353 g/mol. The number of ketones is 1. The van der Waals surface area contributed by atoms with Crippen molar-refractivity contribution in [1.82, 2.24) is 14.8 Å². The SMILES string of the molecule is C[C@@H](Sc1nnc(-c2ccco2)n1C)C(=O)c1ccc2c(c1)CCC2. The quantitative estimate of drug-likeness (QED) is 0.514. The topological polar surface area (TPSA) is 60.9 Å². The molecule has 1 atom stereocenters. The molecule has 5 nitrogen and oxygen atoms in total. The first-order valence-corrected chi connectivity index (χ1v) is 9.27. The summed E-state index contributed by atoms with van der Waals surface area (Å²) in [7, 11) is 1.88. The van der Waals surface area contributed by atoms with Crippen molar-refractivity contribution in [2.24, 2.45) is 7.05 Å². The zero-order chi connectivity index (χ0) is 17.4. The Labute approximate surface area is 150 Å². The fourth-order valence-electron chi connectivity index (χ4n) is 3.21. The summed E-state index contributed by atoms with van der Waals surface area (Å²) < 4.78 is 7.24. The van der Waals surface area contributed by atoms with Crippen molar-refractivity contribution in [2.45, 2.75) is 36.6 Å². The van der Waals surface area contributed by atoms with E-state index in [1.54, 1.807) is 6.26 Å². The molecule has 0 bridgehead atoms. The fourth-order valence-corrected chi connectivity index (χ4v) is 4.10. The van der Waals surface area contributed by atoms with E-state index in [4.69, 9.17) is 4.42 Å². The van der Waals surface area contributed by atoms with Gasteiger partial charge in [0.2, 0.25) is 0 Å². The number of benzene rings is 1. The van der Waals surface area contributed by atoms with Crippen LogP contribution in [0.1, 0.15) is 34.8 Å². The van der Waals surface area contributed by atoms with Gasteiger partial charge in [-0.15, -0.1) is 10.2 Å². The summed E-state index contributed by atoms with van der Waals surface area (Å²) in [4.78, 5) is 12.8. The van der Waals surface area contributed by atoms with Gasteiger partial charge in [-0.25, -0.2) is 0 Å². The van der Waals surface area contributed by atoms with E-state index >= 15 is 0 Å². The van der Waals surface area contributed by atoms with Gasteiger partial charge < -0.3 is 8.98 Å². The molecule has 0 aliphatic heterocycles. The van der Waals surface area contributed by atoms with E-state index < -0.39 is 0 Å². The lowest BCUT2D eigenvalue weighted by Crippen LogP contribution is -2.14. The molecular formula is C19H19N3O2S. The highest BCUT2D eigenvalue weighted by atomic mass is 32.2. The van der Waals surface area contributed by atoms with E-state index in [1.807, 2.05) is 36.7 Å². The van der Waals surface area contributed by atoms with Crippen LogP contribution in [0.3, 0.4) is 0 Å². The van der Waals surface area contributed by atoms with Crippen molar-refractivity contribution < 1.29 is 9.21 Å². The number of carbonyl (C=O) groups is 1. The summed E-state index contributed by atoms with van der Waals surface area (Å²) in [5.74, 6) is 1.45. The molecule has 6 heteroatoms. The van der Waals surface area contributed by atoms with Gasteiger partial charge in [-0.05, 0) is 55.5 Å². The maximum atomic E-state index is 12.8. The summed E-state index contributed by atoms with van der Waals surface area (Å²) in [6.45, 7) is 1.92. The number of furan rings is 1. The van der Waals surface area contributed by atoms with E-state index in [2.05, 4.69) is 22.3 Å². The fraction of sp³-hybridized carbons (Fsp3) is 0.316. The number of rotatable bonds is 5. The van der Waals surface area contributed by atoms with Crippen LogP contribution in [0, 0.1) is 0 Å². The van der Waals surface area contributed by atoms with E-state index in [1.165, 1.54) is 29.3 Å². The number of hydrogen-bond acceptors (Lipinski definition) is 5. The molecule has 1 aliphatic carbocycles. The largest absolute Gasteiger partial charge is 0.461 e. The lowest BCUT2D eigenvalue weighted by molar-refractivity contribution is 0.0993. The predicted molar refractivity (Wildman–Crippen MR) is 96.8 cm³/mol. The molecule has 2 heterocycles. The number of carbonyl (C=O) groups excluding carboxylic acids is 1. The Kier molecular flexibility index (Phi) is 4.21. The molecule has 0 radical (unpaired) electrons. The second kappa shape index (κ2) is 6.52. The molecule has 0 amide bonds. The van der Waals surface area contributed by atoms with Crippen LogP contribution in [-0.2, 0) is 19.9 Å². The number of hydrogen-bond donors (Lipinski definition) is 0. The molecule has 1 aliphatic rings. The van der Waals surface area contributed by atoms with E-state index in [0.29, 0.717) is 16.7 Å². The minimum absolute atomic E-state index is 0.127. The first kappa shape index (κ1) is 16.1. The van der Waals surface area contributed by atoms with Crippen molar-refractivity contribution in [1.29, 1.82) is 0 Å². The van der Waals surface area contributed by atoms with Gasteiger partial charge in [-0.1, -0.05) is 23.9 Å². The van der Waals surface area contributed by atoms with Crippen LogP contribution in [-0.4, -0.2) is 25.8 Å². The summed E-state index contributed by atoms with van der Waals surface area (Å²) >= 11 is 1.42. The Morgan fingerprint density at radius 3 is 2.88 bits per heavy atom. The second-order valence-corrected chi connectivity index (χ2v) is 7.61. The van der Waals surface area contributed by atoms with Gasteiger partial charge in [0.15, 0.2) is 22.5 Å². The third kappa shape index (κ3) is 3.02. The van der Waals surface area contributed by atoms with Crippen LogP contribution in [0.15, 0.2) is 46.2 Å². The molecule has 25 heavy (non-hydrogen) atoms. The average Bonchev–Trinajstić information content (AvgIpc) is 3.35. The normalized spacial score (nSPS) is 14.5. The van der Waals surface area contributed by atoms with Gasteiger partial charge >= 0.3 is 0 Å². The molecule has 4 rings (SSSR count).